The van der Waals surface area contributed by atoms with Crippen molar-refractivity contribution in [1.82, 2.24) is 0 Å². The highest BCUT2D eigenvalue weighted by atomic mass is 28.4. The van der Waals surface area contributed by atoms with Crippen molar-refractivity contribution >= 4 is 22.6 Å². The summed E-state index contributed by atoms with van der Waals surface area (Å²) >= 11 is 0. The summed E-state index contributed by atoms with van der Waals surface area (Å²) in [5.74, 6) is 1.05. The molecule has 0 N–H and O–H groups in total. The fourth-order valence-electron chi connectivity index (χ4n) is 7.37. The number of esters is 1. The number of carbonyl (C=O) groups is 1. The molecule has 1 heterocycles. The molecule has 0 amide bonds. The average Bonchev–Trinajstić information content (AvgIpc) is 2.99. The molecule has 52 heavy (non-hydrogen) atoms. The molecular weight excluding hydrogens is 681 g/mol. The molecule has 0 spiro atoms. The highest BCUT2D eigenvalue weighted by Gasteiger charge is 2.47. The molecule has 294 valence electrons. The summed E-state index contributed by atoms with van der Waals surface area (Å²) in [6.07, 6.45) is 11.4. The van der Waals surface area contributed by atoms with E-state index in [1.54, 1.807) is 0 Å². The number of rotatable bonds is 11. The van der Waals surface area contributed by atoms with Crippen LogP contribution in [0.1, 0.15) is 121 Å². The number of carbonyl (C=O) groups excluding carboxylic acids is 1. The SMILES string of the molecule is C[C@H]1C=CC2=C[C@@H](O[Si](C)(C)C(C)(C)C)C[C@H](OC(=O)C(C)(C)Oc3ccc(C(C)(C)C)cc3)[C@@H]2[C@H]1CC[C@@H]1C[C@H](O[Si](C)(C)C(C)(C)C)CCO1. The Bertz CT molecular complexity index is 1420. The third-order valence-corrected chi connectivity index (χ3v) is 21.9. The Morgan fingerprint density at radius 3 is 2.00 bits per heavy atom. The lowest BCUT2D eigenvalue weighted by atomic mass is 9.66. The van der Waals surface area contributed by atoms with Crippen LogP contribution in [-0.2, 0) is 28.5 Å². The molecule has 3 aliphatic rings. The molecule has 1 fully saturated rings. The van der Waals surface area contributed by atoms with E-state index in [1.807, 2.05) is 26.0 Å². The van der Waals surface area contributed by atoms with Gasteiger partial charge in [0.2, 0.25) is 0 Å². The highest BCUT2D eigenvalue weighted by molar-refractivity contribution is 6.74. The Morgan fingerprint density at radius 1 is 0.827 bits per heavy atom. The van der Waals surface area contributed by atoms with Gasteiger partial charge in [0.05, 0.1) is 12.2 Å². The van der Waals surface area contributed by atoms with E-state index in [0.29, 0.717) is 24.0 Å². The van der Waals surface area contributed by atoms with E-state index in [4.69, 9.17) is 23.1 Å². The smallest absolute Gasteiger partial charge is 0.350 e. The second kappa shape index (κ2) is 15.8. The lowest BCUT2D eigenvalue weighted by Crippen LogP contribution is -2.50. The minimum Gasteiger partial charge on any atom is -0.476 e. The number of hydrogen-bond donors (Lipinski definition) is 0. The second-order valence-corrected chi connectivity index (χ2v) is 30.2. The first-order valence-corrected chi connectivity index (χ1v) is 25.9. The topological polar surface area (TPSA) is 63.2 Å². The molecular formula is C44H74O6Si2. The molecule has 1 aromatic carbocycles. The van der Waals surface area contributed by atoms with Gasteiger partial charge in [0.1, 0.15) is 11.9 Å². The van der Waals surface area contributed by atoms with Gasteiger partial charge in [-0.15, -0.1) is 0 Å². The quantitative estimate of drug-likeness (QED) is 0.166. The van der Waals surface area contributed by atoms with Crippen LogP contribution in [0.3, 0.4) is 0 Å². The van der Waals surface area contributed by atoms with Gasteiger partial charge in [-0.2, -0.15) is 0 Å². The van der Waals surface area contributed by atoms with Crippen LogP contribution in [0.15, 0.2) is 48.1 Å². The Hall–Kier alpha value is -1.72. The molecule has 2 aliphatic carbocycles. The third kappa shape index (κ3) is 10.5. The Balaban J connectivity index is 1.55. The maximum Gasteiger partial charge on any atom is 0.350 e. The van der Waals surface area contributed by atoms with Gasteiger partial charge in [-0.3, -0.25) is 0 Å². The zero-order valence-corrected chi connectivity index (χ0v) is 37.8. The van der Waals surface area contributed by atoms with E-state index in [9.17, 15) is 4.79 Å². The van der Waals surface area contributed by atoms with Crippen LogP contribution >= 0.6 is 0 Å². The van der Waals surface area contributed by atoms with Crippen LogP contribution < -0.4 is 4.74 Å². The Morgan fingerprint density at radius 2 is 1.42 bits per heavy atom. The first kappa shape index (κ1) is 43.0. The van der Waals surface area contributed by atoms with Crippen molar-refractivity contribution < 1.29 is 27.9 Å². The average molecular weight is 755 g/mol. The molecule has 0 radical (unpaired) electrons. The predicted octanol–water partition coefficient (Wildman–Crippen LogP) is 11.6. The monoisotopic (exact) mass is 755 g/mol. The van der Waals surface area contributed by atoms with Crippen LogP contribution in [0.5, 0.6) is 5.75 Å². The van der Waals surface area contributed by atoms with E-state index in [0.717, 1.165) is 32.3 Å². The van der Waals surface area contributed by atoms with Gasteiger partial charge in [0, 0.05) is 25.0 Å². The number of fused-ring (bicyclic) bond motifs is 1. The van der Waals surface area contributed by atoms with E-state index >= 15 is 0 Å². The van der Waals surface area contributed by atoms with E-state index in [-0.39, 0.29) is 51.8 Å². The summed E-state index contributed by atoms with van der Waals surface area (Å²) in [5, 5.41) is 0.252. The molecule has 0 aromatic heterocycles. The van der Waals surface area contributed by atoms with E-state index < -0.39 is 22.2 Å². The first-order chi connectivity index (χ1) is 23.7. The Kier molecular flexibility index (Phi) is 13.1. The van der Waals surface area contributed by atoms with Crippen molar-refractivity contribution in [2.45, 2.75) is 187 Å². The molecule has 8 heteroatoms. The van der Waals surface area contributed by atoms with Crippen molar-refractivity contribution in [1.29, 1.82) is 0 Å². The molecule has 0 unspecified atom stereocenters. The molecule has 0 bridgehead atoms. The summed E-state index contributed by atoms with van der Waals surface area (Å²) in [7, 11) is -3.95. The summed E-state index contributed by atoms with van der Waals surface area (Å²) < 4.78 is 33.2. The van der Waals surface area contributed by atoms with Crippen molar-refractivity contribution in [3.05, 3.63) is 53.6 Å². The minimum absolute atomic E-state index is 0.0354. The highest BCUT2D eigenvalue weighted by Crippen LogP contribution is 2.47. The summed E-state index contributed by atoms with van der Waals surface area (Å²) in [5.41, 5.74) is 1.32. The molecule has 0 saturated carbocycles. The van der Waals surface area contributed by atoms with Crippen LogP contribution in [0.2, 0.25) is 36.3 Å². The van der Waals surface area contributed by atoms with Gasteiger partial charge in [-0.25, -0.2) is 4.79 Å². The van der Waals surface area contributed by atoms with E-state index in [1.165, 1.54) is 11.1 Å². The van der Waals surface area contributed by atoms with Crippen LogP contribution in [0, 0.1) is 17.8 Å². The molecule has 6 nitrogen and oxygen atoms in total. The third-order valence-electron chi connectivity index (χ3n) is 12.9. The van der Waals surface area contributed by atoms with E-state index in [2.05, 4.69) is 126 Å². The number of hydrogen-bond acceptors (Lipinski definition) is 6. The van der Waals surface area contributed by atoms with Crippen molar-refractivity contribution in [2.24, 2.45) is 17.8 Å². The fourth-order valence-corrected chi connectivity index (χ4v) is 10.0. The molecule has 1 saturated heterocycles. The number of allylic oxidation sites excluding steroid dienone is 2. The van der Waals surface area contributed by atoms with Crippen molar-refractivity contribution in [3.63, 3.8) is 0 Å². The lowest BCUT2D eigenvalue weighted by molar-refractivity contribution is -0.170. The lowest BCUT2D eigenvalue weighted by Gasteiger charge is -2.46. The van der Waals surface area contributed by atoms with Gasteiger partial charge in [0.25, 0.3) is 0 Å². The number of benzene rings is 1. The second-order valence-electron chi connectivity index (χ2n) is 20.7. The summed E-state index contributed by atoms with van der Waals surface area (Å²) in [4.78, 5) is 14.2. The van der Waals surface area contributed by atoms with Crippen LogP contribution in [0.4, 0.5) is 0 Å². The number of ether oxygens (including phenoxy) is 3. The molecule has 1 aromatic rings. The fraction of sp³-hybridized carbons (Fsp3) is 0.750. The van der Waals surface area contributed by atoms with Crippen LogP contribution in [0.25, 0.3) is 0 Å². The van der Waals surface area contributed by atoms with Gasteiger partial charge in [0.15, 0.2) is 22.2 Å². The maximum absolute atomic E-state index is 14.2. The molecule has 1 aliphatic heterocycles. The zero-order valence-electron chi connectivity index (χ0n) is 35.8. The van der Waals surface area contributed by atoms with Crippen LogP contribution in [-0.4, -0.2) is 59.2 Å². The standard InChI is InChI=1S/C44H74O6Si2/c1-30-17-18-31-27-36(50-52(15,16)43(8,9)10)29-38(47-40(45)44(11,12)48-33-21-19-32(20-22-33)41(2,3)4)39(31)37(30)24-23-34-28-35(25-26-46-34)49-51(13,14)42(5,6)7/h17-22,27,30,34-39H,23-26,28-29H2,1-16H3/t30-,34+,35+,36+,37-,38-,39-/m0/s1. The van der Waals surface area contributed by atoms with Crippen molar-refractivity contribution in [2.75, 3.05) is 6.61 Å². The largest absolute Gasteiger partial charge is 0.476 e. The minimum atomic E-state index is -2.09. The van der Waals surface area contributed by atoms with Gasteiger partial charge >= 0.3 is 5.97 Å². The zero-order chi connectivity index (χ0) is 39.1. The summed E-state index contributed by atoms with van der Waals surface area (Å²) in [6, 6.07) is 8.07. The normalized spacial score (nSPS) is 27.8. The van der Waals surface area contributed by atoms with Gasteiger partial charge < -0.3 is 23.1 Å². The predicted molar refractivity (Wildman–Crippen MR) is 220 cm³/mol. The first-order valence-electron chi connectivity index (χ1n) is 20.1. The maximum atomic E-state index is 14.2. The van der Waals surface area contributed by atoms with Crippen molar-refractivity contribution in [3.8, 4) is 5.75 Å². The summed E-state index contributed by atoms with van der Waals surface area (Å²) in [6.45, 7) is 36.3. The molecule has 7 atom stereocenters. The Labute approximate surface area is 320 Å². The molecule has 4 rings (SSSR count). The van der Waals surface area contributed by atoms with Gasteiger partial charge in [-0.1, -0.05) is 99.6 Å². The van der Waals surface area contributed by atoms with Gasteiger partial charge in [-0.05, 0) is 116 Å².